The van der Waals surface area contributed by atoms with E-state index in [2.05, 4.69) is 46.8 Å². The fourth-order valence-electron chi connectivity index (χ4n) is 4.74. The largest absolute Gasteiger partial charge is 0.396 e. The Balaban J connectivity index is 1.58. The van der Waals surface area contributed by atoms with Gasteiger partial charge >= 0.3 is 0 Å². The Hall–Kier alpha value is -0.950. The molecule has 0 amide bonds. The lowest BCUT2D eigenvalue weighted by molar-refractivity contribution is -0.0000804. The Bertz CT molecular complexity index is 565. The van der Waals surface area contributed by atoms with E-state index in [1.54, 1.807) is 0 Å². The molecule has 148 valence electrons. The van der Waals surface area contributed by atoms with Gasteiger partial charge in [0.1, 0.15) is 0 Å². The summed E-state index contributed by atoms with van der Waals surface area (Å²) >= 11 is 0. The quantitative estimate of drug-likeness (QED) is 0.829. The van der Waals surface area contributed by atoms with Crippen LogP contribution in [0.15, 0.2) is 6.20 Å². The second-order valence-corrected chi connectivity index (χ2v) is 8.41. The molecule has 0 unspecified atom stereocenters. The van der Waals surface area contributed by atoms with Crippen molar-refractivity contribution in [3.05, 3.63) is 17.5 Å². The van der Waals surface area contributed by atoms with Gasteiger partial charge in [-0.05, 0) is 53.1 Å². The number of rotatable bonds is 6. The lowest BCUT2D eigenvalue weighted by Crippen LogP contribution is -2.58. The number of aryl methyl sites for hydroxylation is 2. The highest BCUT2D eigenvalue weighted by Crippen LogP contribution is 2.25. The lowest BCUT2D eigenvalue weighted by atomic mass is 9.97. The van der Waals surface area contributed by atoms with Gasteiger partial charge in [-0.1, -0.05) is 0 Å². The highest BCUT2D eigenvalue weighted by molar-refractivity contribution is 5.15. The number of likely N-dealkylation sites (tertiary alicyclic amines) is 1. The van der Waals surface area contributed by atoms with E-state index in [0.717, 1.165) is 38.3 Å². The summed E-state index contributed by atoms with van der Waals surface area (Å²) in [6, 6.07) is 1.81. The Morgan fingerprint density at radius 2 is 1.92 bits per heavy atom. The van der Waals surface area contributed by atoms with E-state index in [-0.39, 0.29) is 6.61 Å². The third-order valence-electron chi connectivity index (χ3n) is 6.28. The van der Waals surface area contributed by atoms with Gasteiger partial charge in [0.05, 0.1) is 5.69 Å². The van der Waals surface area contributed by atoms with Crippen LogP contribution in [0.1, 0.15) is 44.4 Å². The maximum absolute atomic E-state index is 9.61. The van der Waals surface area contributed by atoms with Crippen molar-refractivity contribution in [1.29, 1.82) is 0 Å². The Morgan fingerprint density at radius 1 is 1.19 bits per heavy atom. The van der Waals surface area contributed by atoms with Gasteiger partial charge in [-0.15, -0.1) is 0 Å². The molecule has 1 aromatic rings. The molecular weight excluding hydrogens is 326 g/mol. The van der Waals surface area contributed by atoms with Gasteiger partial charge in [-0.2, -0.15) is 5.10 Å². The molecule has 1 atom stereocenters. The fraction of sp³-hybridized carbons (Fsp3) is 0.850. The van der Waals surface area contributed by atoms with Gasteiger partial charge in [0.15, 0.2) is 0 Å². The van der Waals surface area contributed by atoms with Gasteiger partial charge in [0, 0.05) is 69.7 Å². The summed E-state index contributed by atoms with van der Waals surface area (Å²) in [5.41, 5.74) is 2.46. The van der Waals surface area contributed by atoms with Crippen LogP contribution >= 0.6 is 0 Å². The minimum Gasteiger partial charge on any atom is -0.396 e. The second-order valence-electron chi connectivity index (χ2n) is 8.41. The molecule has 26 heavy (non-hydrogen) atoms. The highest BCUT2D eigenvalue weighted by Gasteiger charge is 2.34. The minimum absolute atomic E-state index is 0.283. The number of nitrogens with zero attached hydrogens (tertiary/aromatic N) is 5. The van der Waals surface area contributed by atoms with E-state index >= 15 is 0 Å². The molecule has 3 heterocycles. The topological polar surface area (TPSA) is 47.8 Å². The van der Waals surface area contributed by atoms with Crippen LogP contribution < -0.4 is 0 Å². The third-order valence-corrected chi connectivity index (χ3v) is 6.28. The number of aliphatic hydroxyl groups is 1. The summed E-state index contributed by atoms with van der Waals surface area (Å²) in [5, 5.41) is 14.1. The number of aliphatic hydroxyl groups excluding tert-OH is 1. The predicted octanol–water partition coefficient (Wildman–Crippen LogP) is 1.47. The van der Waals surface area contributed by atoms with Crippen LogP contribution in [0, 0.1) is 6.92 Å². The monoisotopic (exact) mass is 363 g/mol. The van der Waals surface area contributed by atoms with Crippen molar-refractivity contribution in [3.8, 4) is 0 Å². The molecule has 0 aliphatic carbocycles. The van der Waals surface area contributed by atoms with E-state index in [9.17, 15) is 5.11 Å². The molecule has 2 aliphatic heterocycles. The Morgan fingerprint density at radius 3 is 2.50 bits per heavy atom. The zero-order chi connectivity index (χ0) is 18.7. The normalized spacial score (nSPS) is 24.6. The van der Waals surface area contributed by atoms with Crippen LogP contribution in [-0.4, -0.2) is 87.0 Å². The number of hydrogen-bond acceptors (Lipinski definition) is 5. The van der Waals surface area contributed by atoms with Crippen molar-refractivity contribution in [2.45, 2.75) is 64.7 Å². The molecule has 2 fully saturated rings. The number of piperidine rings is 1. The van der Waals surface area contributed by atoms with Crippen molar-refractivity contribution in [2.24, 2.45) is 7.05 Å². The fourth-order valence-corrected chi connectivity index (χ4v) is 4.74. The first-order valence-electron chi connectivity index (χ1n) is 10.3. The molecule has 2 saturated heterocycles. The number of aromatic nitrogens is 2. The van der Waals surface area contributed by atoms with E-state index < -0.39 is 0 Å². The average molecular weight is 364 g/mol. The van der Waals surface area contributed by atoms with E-state index in [4.69, 9.17) is 0 Å². The van der Waals surface area contributed by atoms with Crippen LogP contribution in [0.2, 0.25) is 0 Å². The van der Waals surface area contributed by atoms with Gasteiger partial charge in [0.25, 0.3) is 0 Å². The van der Waals surface area contributed by atoms with Gasteiger partial charge < -0.3 is 10.0 Å². The van der Waals surface area contributed by atoms with Gasteiger partial charge in [0.2, 0.25) is 0 Å². The van der Waals surface area contributed by atoms with Crippen molar-refractivity contribution >= 4 is 0 Å². The SMILES string of the molecule is Cc1nn(C)cc1CN1CCN(C2CCN(C(C)C)CC2)[C@H](CCO)C1. The Kier molecular flexibility index (Phi) is 6.72. The standard InChI is InChI=1S/C20H37N5O/c1-16(2)24-8-5-19(6-9-24)25-11-10-23(15-20(25)7-12-26)14-18-13-22(4)21-17(18)3/h13,16,19-20,26H,5-12,14-15H2,1-4H3/t20-/m1/s1. The first-order chi connectivity index (χ1) is 12.5. The molecule has 2 aliphatic rings. The predicted molar refractivity (Wildman–Crippen MR) is 105 cm³/mol. The summed E-state index contributed by atoms with van der Waals surface area (Å²) < 4.78 is 1.91. The summed E-state index contributed by atoms with van der Waals surface area (Å²) in [7, 11) is 1.99. The molecule has 1 N–H and O–H groups in total. The smallest absolute Gasteiger partial charge is 0.0638 e. The average Bonchev–Trinajstić information content (AvgIpc) is 2.93. The molecule has 0 aromatic carbocycles. The first kappa shape index (κ1) is 19.8. The van der Waals surface area contributed by atoms with Crippen molar-refractivity contribution in [1.82, 2.24) is 24.5 Å². The molecule has 6 nitrogen and oxygen atoms in total. The zero-order valence-electron chi connectivity index (χ0n) is 17.1. The zero-order valence-corrected chi connectivity index (χ0v) is 17.1. The summed E-state index contributed by atoms with van der Waals surface area (Å²) in [4.78, 5) is 7.85. The maximum atomic E-state index is 9.61. The van der Waals surface area contributed by atoms with Crippen LogP contribution in [0.3, 0.4) is 0 Å². The second kappa shape index (κ2) is 8.83. The molecule has 6 heteroatoms. The number of piperazine rings is 1. The molecule has 0 spiro atoms. The molecule has 0 bridgehead atoms. The Labute approximate surface area is 158 Å². The third kappa shape index (κ3) is 4.66. The summed E-state index contributed by atoms with van der Waals surface area (Å²) in [6.45, 7) is 13.7. The van der Waals surface area contributed by atoms with E-state index in [1.807, 2.05) is 11.7 Å². The lowest BCUT2D eigenvalue weighted by Gasteiger charge is -2.48. The molecule has 1 aromatic heterocycles. The minimum atomic E-state index is 0.283. The first-order valence-corrected chi connectivity index (χ1v) is 10.3. The molecular formula is C20H37N5O. The van der Waals surface area contributed by atoms with E-state index in [1.165, 1.54) is 31.5 Å². The van der Waals surface area contributed by atoms with E-state index in [0.29, 0.717) is 18.1 Å². The summed E-state index contributed by atoms with van der Waals surface area (Å²) in [5.74, 6) is 0. The maximum Gasteiger partial charge on any atom is 0.0638 e. The number of hydrogen-bond donors (Lipinski definition) is 1. The molecule has 3 rings (SSSR count). The summed E-state index contributed by atoms with van der Waals surface area (Å²) in [6.07, 6.45) is 5.56. The molecule has 0 saturated carbocycles. The van der Waals surface area contributed by atoms with Gasteiger partial charge in [-0.25, -0.2) is 0 Å². The highest BCUT2D eigenvalue weighted by atomic mass is 16.3. The van der Waals surface area contributed by atoms with Crippen LogP contribution in [-0.2, 0) is 13.6 Å². The van der Waals surface area contributed by atoms with Crippen LogP contribution in [0.25, 0.3) is 0 Å². The van der Waals surface area contributed by atoms with Crippen molar-refractivity contribution in [2.75, 3.05) is 39.3 Å². The van der Waals surface area contributed by atoms with Crippen molar-refractivity contribution in [3.63, 3.8) is 0 Å². The van der Waals surface area contributed by atoms with Crippen LogP contribution in [0.5, 0.6) is 0 Å². The molecule has 0 radical (unpaired) electrons. The van der Waals surface area contributed by atoms with Gasteiger partial charge in [-0.3, -0.25) is 14.5 Å². The van der Waals surface area contributed by atoms with Crippen LogP contribution in [0.4, 0.5) is 0 Å². The van der Waals surface area contributed by atoms with Crippen molar-refractivity contribution < 1.29 is 5.11 Å².